The van der Waals surface area contributed by atoms with Crippen LogP contribution in [-0.2, 0) is 13.1 Å². The summed E-state index contributed by atoms with van der Waals surface area (Å²) in [7, 11) is 0. The van der Waals surface area contributed by atoms with E-state index in [1.54, 1.807) is 0 Å². The van der Waals surface area contributed by atoms with Crippen molar-refractivity contribution in [1.82, 2.24) is 10.3 Å². The molecular formula is C12H13BrN2OS. The minimum atomic E-state index is 0.00119. The SMILES string of the molecule is Cc1cc(CNCc2csc(=O)[nH]2)ccc1Br. The number of benzene rings is 1. The van der Waals surface area contributed by atoms with E-state index in [9.17, 15) is 4.79 Å². The molecule has 0 saturated carbocycles. The van der Waals surface area contributed by atoms with Gasteiger partial charge in [0, 0.05) is 28.6 Å². The predicted octanol–water partition coefficient (Wildman–Crippen LogP) is 2.80. The standard InChI is InChI=1S/C12H13BrN2OS/c1-8-4-9(2-3-11(8)13)5-14-6-10-7-17-12(16)15-10/h2-4,7,14H,5-6H2,1H3,(H,15,16). The van der Waals surface area contributed by atoms with Gasteiger partial charge in [0.25, 0.3) is 0 Å². The highest BCUT2D eigenvalue weighted by Gasteiger charge is 1.99. The van der Waals surface area contributed by atoms with E-state index in [0.717, 1.165) is 16.7 Å². The summed E-state index contributed by atoms with van der Waals surface area (Å²) in [5.74, 6) is 0. The third-order valence-electron chi connectivity index (χ3n) is 2.44. The van der Waals surface area contributed by atoms with Crippen molar-refractivity contribution in [2.75, 3.05) is 0 Å². The van der Waals surface area contributed by atoms with Gasteiger partial charge in [0.15, 0.2) is 0 Å². The second kappa shape index (κ2) is 5.62. The van der Waals surface area contributed by atoms with E-state index in [1.165, 1.54) is 22.5 Å². The molecule has 0 radical (unpaired) electrons. The van der Waals surface area contributed by atoms with Gasteiger partial charge in [-0.3, -0.25) is 4.79 Å². The molecule has 1 aromatic carbocycles. The lowest BCUT2D eigenvalue weighted by molar-refractivity contribution is 0.681. The lowest BCUT2D eigenvalue weighted by Gasteiger charge is -2.05. The molecule has 0 aliphatic carbocycles. The van der Waals surface area contributed by atoms with Gasteiger partial charge in [0.05, 0.1) is 0 Å². The van der Waals surface area contributed by atoms with Crippen LogP contribution in [0.25, 0.3) is 0 Å². The number of aryl methyl sites for hydroxylation is 1. The second-order valence-corrected chi connectivity index (χ2v) is 5.56. The summed E-state index contributed by atoms with van der Waals surface area (Å²) in [6, 6.07) is 6.28. The number of thiazole rings is 1. The molecule has 0 atom stereocenters. The monoisotopic (exact) mass is 312 g/mol. The van der Waals surface area contributed by atoms with E-state index in [1.807, 2.05) is 5.38 Å². The van der Waals surface area contributed by atoms with Gasteiger partial charge in [0.1, 0.15) is 0 Å². The molecule has 0 fully saturated rings. The van der Waals surface area contributed by atoms with Crippen molar-refractivity contribution in [3.8, 4) is 0 Å². The number of hydrogen-bond donors (Lipinski definition) is 2. The van der Waals surface area contributed by atoms with E-state index in [2.05, 4.69) is 51.4 Å². The largest absolute Gasteiger partial charge is 0.315 e. The minimum absolute atomic E-state index is 0.00119. The summed E-state index contributed by atoms with van der Waals surface area (Å²) < 4.78 is 1.13. The van der Waals surface area contributed by atoms with Gasteiger partial charge in [-0.05, 0) is 24.1 Å². The van der Waals surface area contributed by atoms with Crippen molar-refractivity contribution in [2.45, 2.75) is 20.0 Å². The lowest BCUT2D eigenvalue weighted by Crippen LogP contribution is -2.13. The van der Waals surface area contributed by atoms with E-state index in [0.29, 0.717) is 6.54 Å². The molecule has 2 rings (SSSR count). The van der Waals surface area contributed by atoms with Gasteiger partial charge in [0.2, 0.25) is 0 Å². The van der Waals surface area contributed by atoms with Crippen molar-refractivity contribution in [3.63, 3.8) is 0 Å². The van der Waals surface area contributed by atoms with Gasteiger partial charge in [-0.25, -0.2) is 0 Å². The Morgan fingerprint density at radius 3 is 2.88 bits per heavy atom. The fourth-order valence-electron chi connectivity index (χ4n) is 1.56. The second-order valence-electron chi connectivity index (χ2n) is 3.86. The number of aromatic nitrogens is 1. The van der Waals surface area contributed by atoms with Crippen molar-refractivity contribution in [1.29, 1.82) is 0 Å². The molecule has 2 N–H and O–H groups in total. The topological polar surface area (TPSA) is 44.9 Å². The fourth-order valence-corrected chi connectivity index (χ4v) is 2.39. The Morgan fingerprint density at radius 2 is 2.24 bits per heavy atom. The maximum atomic E-state index is 10.9. The van der Waals surface area contributed by atoms with Crippen LogP contribution in [0, 0.1) is 6.92 Å². The van der Waals surface area contributed by atoms with Gasteiger partial charge in [-0.2, -0.15) is 0 Å². The maximum Gasteiger partial charge on any atom is 0.304 e. The van der Waals surface area contributed by atoms with Crippen LogP contribution in [0.1, 0.15) is 16.8 Å². The van der Waals surface area contributed by atoms with Crippen molar-refractivity contribution < 1.29 is 0 Å². The fraction of sp³-hybridized carbons (Fsp3) is 0.250. The van der Waals surface area contributed by atoms with Crippen molar-refractivity contribution in [2.24, 2.45) is 0 Å². The number of aromatic amines is 1. The molecule has 0 spiro atoms. The Bertz CT molecular complexity index is 562. The molecule has 0 saturated heterocycles. The van der Waals surface area contributed by atoms with Gasteiger partial charge < -0.3 is 10.3 Å². The Morgan fingerprint density at radius 1 is 1.41 bits per heavy atom. The first-order valence-corrected chi connectivity index (χ1v) is 6.95. The summed E-state index contributed by atoms with van der Waals surface area (Å²) in [5, 5.41) is 5.15. The molecule has 0 aliphatic heterocycles. The summed E-state index contributed by atoms with van der Waals surface area (Å²) >= 11 is 4.68. The first-order valence-electron chi connectivity index (χ1n) is 5.27. The van der Waals surface area contributed by atoms with E-state index in [4.69, 9.17) is 0 Å². The quantitative estimate of drug-likeness (QED) is 0.912. The zero-order valence-electron chi connectivity index (χ0n) is 9.42. The molecule has 0 amide bonds. The molecule has 17 heavy (non-hydrogen) atoms. The Kier molecular flexibility index (Phi) is 4.15. The zero-order valence-corrected chi connectivity index (χ0v) is 11.8. The van der Waals surface area contributed by atoms with E-state index in [-0.39, 0.29) is 4.87 Å². The van der Waals surface area contributed by atoms with E-state index < -0.39 is 0 Å². The summed E-state index contributed by atoms with van der Waals surface area (Å²) in [5.41, 5.74) is 3.41. The smallest absolute Gasteiger partial charge is 0.304 e. The van der Waals surface area contributed by atoms with Gasteiger partial charge >= 0.3 is 4.87 Å². The normalized spacial score (nSPS) is 10.7. The summed E-state index contributed by atoms with van der Waals surface area (Å²) in [6.45, 7) is 3.56. The van der Waals surface area contributed by atoms with Crippen LogP contribution >= 0.6 is 27.3 Å². The number of rotatable bonds is 4. The molecule has 0 bridgehead atoms. The van der Waals surface area contributed by atoms with Gasteiger partial charge in [-0.15, -0.1) is 0 Å². The predicted molar refractivity (Wildman–Crippen MR) is 74.4 cm³/mol. The molecule has 5 heteroatoms. The molecule has 1 aromatic heterocycles. The number of hydrogen-bond acceptors (Lipinski definition) is 3. The molecule has 2 aromatic rings. The minimum Gasteiger partial charge on any atom is -0.315 e. The molecular weight excluding hydrogens is 300 g/mol. The lowest BCUT2D eigenvalue weighted by atomic mass is 10.1. The first kappa shape index (κ1) is 12.5. The number of H-pyrrole nitrogens is 1. The van der Waals surface area contributed by atoms with Crippen LogP contribution in [0.2, 0.25) is 0 Å². The molecule has 90 valence electrons. The molecule has 1 heterocycles. The van der Waals surface area contributed by atoms with Crippen molar-refractivity contribution >= 4 is 27.3 Å². The Hall–Kier alpha value is -0.910. The van der Waals surface area contributed by atoms with Crippen LogP contribution in [0.3, 0.4) is 0 Å². The zero-order chi connectivity index (χ0) is 12.3. The highest BCUT2D eigenvalue weighted by molar-refractivity contribution is 9.10. The Balaban J connectivity index is 1.89. The van der Waals surface area contributed by atoms with E-state index >= 15 is 0 Å². The van der Waals surface area contributed by atoms with Crippen LogP contribution < -0.4 is 10.2 Å². The average molecular weight is 313 g/mol. The summed E-state index contributed by atoms with van der Waals surface area (Å²) in [4.78, 5) is 13.7. The maximum absolute atomic E-state index is 10.9. The van der Waals surface area contributed by atoms with Crippen molar-refractivity contribution in [3.05, 3.63) is 54.5 Å². The Labute approximate surface area is 112 Å². The average Bonchev–Trinajstić information content (AvgIpc) is 2.70. The molecule has 0 unspecified atom stereocenters. The molecule has 0 aliphatic rings. The third-order valence-corrected chi connectivity index (χ3v) is 4.05. The first-order chi connectivity index (χ1) is 8.15. The van der Waals surface area contributed by atoms with Crippen LogP contribution in [-0.4, -0.2) is 4.98 Å². The van der Waals surface area contributed by atoms with Crippen LogP contribution in [0.15, 0.2) is 32.8 Å². The number of nitrogens with one attached hydrogen (secondary N) is 2. The highest BCUT2D eigenvalue weighted by Crippen LogP contribution is 2.16. The number of halogens is 1. The third kappa shape index (κ3) is 3.52. The highest BCUT2D eigenvalue weighted by atomic mass is 79.9. The van der Waals surface area contributed by atoms with Gasteiger partial charge in [-0.1, -0.05) is 39.4 Å². The van der Waals surface area contributed by atoms with Crippen LogP contribution in [0.4, 0.5) is 0 Å². The van der Waals surface area contributed by atoms with Crippen LogP contribution in [0.5, 0.6) is 0 Å². The molecule has 3 nitrogen and oxygen atoms in total. The summed E-state index contributed by atoms with van der Waals surface area (Å²) in [6.07, 6.45) is 0.